The van der Waals surface area contributed by atoms with Crippen LogP contribution < -0.4 is 10.1 Å². The predicted molar refractivity (Wildman–Crippen MR) is 80.7 cm³/mol. The molecule has 2 rings (SSSR count). The number of nitrogens with zero attached hydrogens (tertiary/aromatic N) is 1. The molecule has 1 aromatic rings. The van der Waals surface area contributed by atoms with E-state index in [2.05, 4.69) is 11.4 Å². The Morgan fingerprint density at radius 1 is 1.29 bits per heavy atom. The van der Waals surface area contributed by atoms with Crippen LogP contribution in [0.2, 0.25) is 0 Å². The maximum absolute atomic E-state index is 11.9. The summed E-state index contributed by atoms with van der Waals surface area (Å²) < 4.78 is 5.49. The lowest BCUT2D eigenvalue weighted by Gasteiger charge is -2.26. The van der Waals surface area contributed by atoms with Crippen LogP contribution in [0.25, 0.3) is 0 Å². The monoisotopic (exact) mass is 286 g/mol. The van der Waals surface area contributed by atoms with E-state index >= 15 is 0 Å². The molecule has 4 nitrogen and oxygen atoms in total. The molecule has 21 heavy (non-hydrogen) atoms. The highest BCUT2D eigenvalue weighted by molar-refractivity contribution is 5.76. The van der Waals surface area contributed by atoms with Crippen LogP contribution in [-0.4, -0.2) is 18.6 Å². The summed E-state index contributed by atoms with van der Waals surface area (Å²) in [5.74, 6) is 0.959. The fourth-order valence-corrected chi connectivity index (χ4v) is 2.75. The number of nitriles is 1. The predicted octanol–water partition coefficient (Wildman–Crippen LogP) is 3.04. The quantitative estimate of drug-likeness (QED) is 0.874. The average molecular weight is 286 g/mol. The molecule has 1 unspecified atom stereocenters. The smallest absolute Gasteiger partial charge is 0.224 e. The number of carbonyl (C=O) groups is 1. The standard InChI is InChI=1S/C17H22N2O2/c18-13-16(14-7-3-1-4-8-14)19-17(20)11-12-21-15-9-5-2-6-10-15/h2,5-6,9-10,14,16H,1,3-4,7-8,11-12H2,(H,19,20). The number of nitrogens with one attached hydrogen (secondary N) is 1. The topological polar surface area (TPSA) is 62.1 Å². The number of carbonyl (C=O) groups excluding carboxylic acids is 1. The second kappa shape index (κ2) is 8.31. The second-order valence-corrected chi connectivity index (χ2v) is 5.48. The molecule has 1 aliphatic carbocycles. The lowest BCUT2D eigenvalue weighted by molar-refractivity contribution is -0.122. The maximum atomic E-state index is 11.9. The van der Waals surface area contributed by atoms with Gasteiger partial charge in [-0.3, -0.25) is 4.79 Å². The highest BCUT2D eigenvalue weighted by Crippen LogP contribution is 2.26. The molecule has 0 bridgehead atoms. The minimum Gasteiger partial charge on any atom is -0.493 e. The van der Waals surface area contributed by atoms with Crippen LogP contribution in [0.1, 0.15) is 38.5 Å². The van der Waals surface area contributed by atoms with Crippen LogP contribution in [0, 0.1) is 17.2 Å². The van der Waals surface area contributed by atoms with Gasteiger partial charge >= 0.3 is 0 Å². The molecule has 1 aromatic carbocycles. The highest BCUT2D eigenvalue weighted by atomic mass is 16.5. The van der Waals surface area contributed by atoms with Gasteiger partial charge in [0.25, 0.3) is 0 Å². The third kappa shape index (κ3) is 5.11. The highest BCUT2D eigenvalue weighted by Gasteiger charge is 2.24. The molecule has 4 heteroatoms. The molecule has 0 saturated heterocycles. The van der Waals surface area contributed by atoms with Crippen molar-refractivity contribution in [2.75, 3.05) is 6.61 Å². The lowest BCUT2D eigenvalue weighted by atomic mass is 9.84. The minimum absolute atomic E-state index is 0.108. The van der Waals surface area contributed by atoms with Crippen LogP contribution in [0.4, 0.5) is 0 Å². The Labute approximate surface area is 126 Å². The first-order valence-electron chi connectivity index (χ1n) is 7.66. The number of rotatable bonds is 6. The summed E-state index contributed by atoms with van der Waals surface area (Å²) in [5.41, 5.74) is 0. The SMILES string of the molecule is N#CC(NC(=O)CCOc1ccccc1)C1CCCCC1. The molecular weight excluding hydrogens is 264 g/mol. The number of ether oxygens (including phenoxy) is 1. The fraction of sp³-hybridized carbons (Fsp3) is 0.529. The molecule has 1 aliphatic rings. The van der Waals surface area contributed by atoms with E-state index in [0.717, 1.165) is 31.4 Å². The van der Waals surface area contributed by atoms with E-state index in [4.69, 9.17) is 4.74 Å². The van der Waals surface area contributed by atoms with Gasteiger partial charge in [-0.2, -0.15) is 5.26 Å². The van der Waals surface area contributed by atoms with Crippen molar-refractivity contribution in [1.82, 2.24) is 5.32 Å². The van der Waals surface area contributed by atoms with Crippen LogP contribution in [-0.2, 0) is 4.79 Å². The zero-order valence-electron chi connectivity index (χ0n) is 12.3. The third-order valence-corrected chi connectivity index (χ3v) is 3.92. The summed E-state index contributed by atoms with van der Waals surface area (Å²) >= 11 is 0. The van der Waals surface area contributed by atoms with Gasteiger partial charge in [0.2, 0.25) is 5.91 Å². The second-order valence-electron chi connectivity index (χ2n) is 5.48. The summed E-state index contributed by atoms with van der Waals surface area (Å²) in [7, 11) is 0. The average Bonchev–Trinajstić information content (AvgIpc) is 2.54. The molecule has 0 aliphatic heterocycles. The van der Waals surface area contributed by atoms with Crippen molar-refractivity contribution in [1.29, 1.82) is 5.26 Å². The van der Waals surface area contributed by atoms with E-state index < -0.39 is 0 Å². The van der Waals surface area contributed by atoms with Crippen molar-refractivity contribution >= 4 is 5.91 Å². The molecule has 1 N–H and O–H groups in total. The molecule has 112 valence electrons. The minimum atomic E-state index is -0.352. The molecule has 0 heterocycles. The fourth-order valence-electron chi connectivity index (χ4n) is 2.75. The Morgan fingerprint density at radius 2 is 2.00 bits per heavy atom. The third-order valence-electron chi connectivity index (χ3n) is 3.92. The van der Waals surface area contributed by atoms with Gasteiger partial charge in [-0.05, 0) is 30.9 Å². The summed E-state index contributed by atoms with van der Waals surface area (Å²) in [6.45, 7) is 0.332. The van der Waals surface area contributed by atoms with Crippen molar-refractivity contribution in [2.45, 2.75) is 44.6 Å². The van der Waals surface area contributed by atoms with Crippen LogP contribution in [0.15, 0.2) is 30.3 Å². The van der Waals surface area contributed by atoms with Gasteiger partial charge < -0.3 is 10.1 Å². The molecule has 0 spiro atoms. The molecule has 0 radical (unpaired) electrons. The largest absolute Gasteiger partial charge is 0.493 e. The first-order valence-corrected chi connectivity index (χ1v) is 7.66. The number of para-hydroxylation sites is 1. The van der Waals surface area contributed by atoms with Crippen molar-refractivity contribution in [2.24, 2.45) is 5.92 Å². The summed E-state index contributed by atoms with van der Waals surface area (Å²) in [6, 6.07) is 11.3. The van der Waals surface area contributed by atoms with E-state index in [0.29, 0.717) is 12.5 Å². The van der Waals surface area contributed by atoms with E-state index in [-0.39, 0.29) is 18.4 Å². The Bertz CT molecular complexity index is 475. The summed E-state index contributed by atoms with van der Waals surface area (Å²) in [6.07, 6.45) is 5.93. The van der Waals surface area contributed by atoms with E-state index in [1.165, 1.54) is 6.42 Å². The summed E-state index contributed by atoms with van der Waals surface area (Å²) in [5, 5.41) is 12.1. The Balaban J connectivity index is 1.71. The maximum Gasteiger partial charge on any atom is 0.224 e. The first kappa shape index (κ1) is 15.4. The first-order chi connectivity index (χ1) is 10.3. The van der Waals surface area contributed by atoms with E-state index in [1.54, 1.807) is 0 Å². The lowest BCUT2D eigenvalue weighted by Crippen LogP contribution is -2.40. The number of hydrogen-bond acceptors (Lipinski definition) is 3. The van der Waals surface area contributed by atoms with Gasteiger partial charge in [-0.25, -0.2) is 0 Å². The molecule has 1 fully saturated rings. The molecule has 1 saturated carbocycles. The van der Waals surface area contributed by atoms with Crippen molar-refractivity contribution in [3.8, 4) is 11.8 Å². The summed E-state index contributed by atoms with van der Waals surface area (Å²) in [4.78, 5) is 11.9. The van der Waals surface area contributed by atoms with Gasteiger partial charge in [-0.1, -0.05) is 37.5 Å². The van der Waals surface area contributed by atoms with Crippen LogP contribution in [0.3, 0.4) is 0 Å². The Kier molecular flexibility index (Phi) is 6.08. The van der Waals surface area contributed by atoms with Gasteiger partial charge in [0, 0.05) is 0 Å². The van der Waals surface area contributed by atoms with Gasteiger partial charge in [0.05, 0.1) is 19.1 Å². The number of benzene rings is 1. The Morgan fingerprint density at radius 3 is 2.67 bits per heavy atom. The van der Waals surface area contributed by atoms with Gasteiger partial charge in [0.15, 0.2) is 0 Å². The van der Waals surface area contributed by atoms with Crippen LogP contribution in [0.5, 0.6) is 5.75 Å². The van der Waals surface area contributed by atoms with Gasteiger partial charge in [0.1, 0.15) is 11.8 Å². The normalized spacial score (nSPS) is 16.7. The van der Waals surface area contributed by atoms with Crippen molar-refractivity contribution in [3.05, 3.63) is 30.3 Å². The van der Waals surface area contributed by atoms with E-state index in [9.17, 15) is 10.1 Å². The van der Waals surface area contributed by atoms with Gasteiger partial charge in [-0.15, -0.1) is 0 Å². The molecular formula is C17H22N2O2. The zero-order chi connectivity index (χ0) is 14.9. The van der Waals surface area contributed by atoms with Crippen LogP contribution >= 0.6 is 0 Å². The number of amides is 1. The molecule has 1 atom stereocenters. The van der Waals surface area contributed by atoms with Crippen molar-refractivity contribution in [3.63, 3.8) is 0 Å². The van der Waals surface area contributed by atoms with E-state index in [1.807, 2.05) is 30.3 Å². The van der Waals surface area contributed by atoms with Crippen molar-refractivity contribution < 1.29 is 9.53 Å². The molecule has 0 aromatic heterocycles. The molecule has 1 amide bonds. The number of hydrogen-bond donors (Lipinski definition) is 1. The Hall–Kier alpha value is -2.02. The zero-order valence-corrected chi connectivity index (χ0v) is 12.3.